The molecule has 4 rings (SSSR count). The number of hydrogen-bond acceptors (Lipinski definition) is 5. The van der Waals surface area contributed by atoms with Crippen molar-refractivity contribution in [1.29, 1.82) is 0 Å². The fraction of sp³-hybridized carbons (Fsp3) is 0.500. The van der Waals surface area contributed by atoms with E-state index in [2.05, 4.69) is 35.8 Å². The molecule has 2 heterocycles. The van der Waals surface area contributed by atoms with E-state index < -0.39 is 0 Å². The monoisotopic (exact) mass is 456 g/mol. The average molecular weight is 457 g/mol. The fourth-order valence-corrected chi connectivity index (χ4v) is 5.37. The molecule has 0 amide bonds. The third-order valence-electron chi connectivity index (χ3n) is 7.01. The molecular weight excluding hydrogens is 424 g/mol. The number of ether oxygens (including phenoxy) is 2. The Kier molecular flexibility index (Phi) is 6.96. The number of methoxy groups -OCH3 is 1. The minimum absolute atomic E-state index is 0.0393. The number of fused-ring (bicyclic) bond motifs is 1. The standard InChI is InChI=1S/C26H33ClN2O3/c1-17(30)16-32-25-11-9-22(18(2)19(25)3)24-7-5-6-21-15-28(12-13-29(21)24)20-8-10-23(27)26(14-20)31-4/h8-11,14,21,24H,5-7,12-13,15-16H2,1-4H3/t21-,24+/m0/s1. The number of nitrogens with zero attached hydrogens (tertiary/aromatic N) is 2. The van der Waals surface area contributed by atoms with Gasteiger partial charge in [0, 0.05) is 43.5 Å². The zero-order chi connectivity index (χ0) is 22.8. The molecule has 0 saturated carbocycles. The summed E-state index contributed by atoms with van der Waals surface area (Å²) < 4.78 is 11.2. The largest absolute Gasteiger partial charge is 0.495 e. The van der Waals surface area contributed by atoms with Crippen LogP contribution in [0.3, 0.4) is 0 Å². The first-order chi connectivity index (χ1) is 15.4. The first-order valence-corrected chi connectivity index (χ1v) is 11.8. The number of rotatable bonds is 6. The highest BCUT2D eigenvalue weighted by Crippen LogP contribution is 2.40. The first-order valence-electron chi connectivity index (χ1n) is 11.5. The Labute approximate surface area is 196 Å². The Hall–Kier alpha value is -2.24. The SMILES string of the molecule is COc1cc(N2CCN3[C@@H](CCC[C@@H]3c3ccc(OCC(C)=O)c(C)c3C)C2)ccc1Cl. The van der Waals surface area contributed by atoms with Crippen molar-refractivity contribution in [3.05, 3.63) is 52.0 Å². The molecule has 0 aromatic heterocycles. The summed E-state index contributed by atoms with van der Waals surface area (Å²) in [6.45, 7) is 8.99. The molecule has 0 N–H and O–H groups in total. The highest BCUT2D eigenvalue weighted by atomic mass is 35.5. The quantitative estimate of drug-likeness (QED) is 0.586. The lowest BCUT2D eigenvalue weighted by Gasteiger charge is -2.49. The summed E-state index contributed by atoms with van der Waals surface area (Å²) in [4.78, 5) is 16.5. The van der Waals surface area contributed by atoms with Crippen LogP contribution in [-0.4, -0.2) is 50.1 Å². The molecule has 2 aromatic carbocycles. The number of Topliss-reactive ketones (excluding diaryl/α,β-unsaturated/α-hetero) is 1. The van der Waals surface area contributed by atoms with Gasteiger partial charge in [0.25, 0.3) is 0 Å². The lowest BCUT2D eigenvalue weighted by atomic mass is 9.86. The predicted octanol–water partition coefficient (Wildman–Crippen LogP) is 5.35. The molecule has 0 unspecified atom stereocenters. The maximum absolute atomic E-state index is 11.3. The van der Waals surface area contributed by atoms with Gasteiger partial charge in [-0.05, 0) is 74.9 Å². The summed E-state index contributed by atoms with van der Waals surface area (Å²) in [5.41, 5.74) is 4.98. The minimum Gasteiger partial charge on any atom is -0.495 e. The normalized spacial score (nSPS) is 21.2. The molecule has 2 aromatic rings. The van der Waals surface area contributed by atoms with Gasteiger partial charge >= 0.3 is 0 Å². The van der Waals surface area contributed by atoms with Gasteiger partial charge in [-0.25, -0.2) is 0 Å². The van der Waals surface area contributed by atoms with E-state index in [1.54, 1.807) is 14.0 Å². The topological polar surface area (TPSA) is 42.0 Å². The van der Waals surface area contributed by atoms with Gasteiger partial charge in [-0.3, -0.25) is 9.69 Å². The van der Waals surface area contributed by atoms with Gasteiger partial charge in [-0.2, -0.15) is 0 Å². The molecule has 0 radical (unpaired) electrons. The molecule has 32 heavy (non-hydrogen) atoms. The number of halogens is 1. The van der Waals surface area contributed by atoms with Crippen molar-refractivity contribution in [3.8, 4) is 11.5 Å². The molecule has 2 aliphatic heterocycles. The molecular formula is C26H33ClN2O3. The van der Waals surface area contributed by atoms with Gasteiger partial charge in [0.2, 0.25) is 0 Å². The van der Waals surface area contributed by atoms with E-state index in [4.69, 9.17) is 21.1 Å². The Morgan fingerprint density at radius 1 is 1.09 bits per heavy atom. The number of piperidine rings is 1. The fourth-order valence-electron chi connectivity index (χ4n) is 5.18. The Bertz CT molecular complexity index is 993. The summed E-state index contributed by atoms with van der Waals surface area (Å²) in [5, 5.41) is 0.647. The predicted molar refractivity (Wildman–Crippen MR) is 129 cm³/mol. The number of carbonyl (C=O) groups is 1. The van der Waals surface area contributed by atoms with Gasteiger partial charge < -0.3 is 14.4 Å². The van der Waals surface area contributed by atoms with E-state index in [0.29, 0.717) is 17.1 Å². The molecule has 172 valence electrons. The van der Waals surface area contributed by atoms with Crippen molar-refractivity contribution >= 4 is 23.1 Å². The summed E-state index contributed by atoms with van der Waals surface area (Å²) in [7, 11) is 1.66. The second kappa shape index (κ2) is 9.72. The van der Waals surface area contributed by atoms with E-state index in [9.17, 15) is 4.79 Å². The lowest BCUT2D eigenvalue weighted by molar-refractivity contribution is -0.118. The van der Waals surface area contributed by atoms with Crippen molar-refractivity contribution in [1.82, 2.24) is 4.90 Å². The lowest BCUT2D eigenvalue weighted by Crippen LogP contribution is -2.56. The van der Waals surface area contributed by atoms with Crippen LogP contribution in [0, 0.1) is 13.8 Å². The highest BCUT2D eigenvalue weighted by molar-refractivity contribution is 6.32. The first kappa shape index (κ1) is 22.9. The van der Waals surface area contributed by atoms with E-state index in [-0.39, 0.29) is 12.4 Å². The third-order valence-corrected chi connectivity index (χ3v) is 7.32. The van der Waals surface area contributed by atoms with Crippen LogP contribution < -0.4 is 14.4 Å². The molecule has 6 heteroatoms. The van der Waals surface area contributed by atoms with Crippen molar-refractivity contribution in [2.24, 2.45) is 0 Å². The summed E-state index contributed by atoms with van der Waals surface area (Å²) in [6.07, 6.45) is 3.62. The van der Waals surface area contributed by atoms with Crippen molar-refractivity contribution in [2.45, 2.75) is 52.1 Å². The molecule has 5 nitrogen and oxygen atoms in total. The van der Waals surface area contributed by atoms with Crippen LogP contribution in [0.1, 0.15) is 48.9 Å². The summed E-state index contributed by atoms with van der Waals surface area (Å²) in [5.74, 6) is 1.58. The summed E-state index contributed by atoms with van der Waals surface area (Å²) in [6, 6.07) is 11.3. The van der Waals surface area contributed by atoms with Crippen LogP contribution in [0.2, 0.25) is 5.02 Å². The van der Waals surface area contributed by atoms with Gasteiger partial charge in [0.05, 0.1) is 12.1 Å². The van der Waals surface area contributed by atoms with Crippen LogP contribution in [0.4, 0.5) is 5.69 Å². The zero-order valence-electron chi connectivity index (χ0n) is 19.5. The van der Waals surface area contributed by atoms with Crippen LogP contribution in [0.15, 0.2) is 30.3 Å². The molecule has 0 aliphatic carbocycles. The maximum atomic E-state index is 11.3. The number of piperazine rings is 1. The van der Waals surface area contributed by atoms with E-state index in [0.717, 1.165) is 36.7 Å². The second-order valence-electron chi connectivity index (χ2n) is 9.00. The maximum Gasteiger partial charge on any atom is 0.167 e. The van der Waals surface area contributed by atoms with Gasteiger partial charge in [0.15, 0.2) is 5.78 Å². The number of anilines is 1. The number of benzene rings is 2. The van der Waals surface area contributed by atoms with E-state index in [1.807, 2.05) is 18.2 Å². The Morgan fingerprint density at radius 2 is 1.91 bits per heavy atom. The summed E-state index contributed by atoms with van der Waals surface area (Å²) >= 11 is 6.23. The third kappa shape index (κ3) is 4.60. The van der Waals surface area contributed by atoms with Crippen LogP contribution >= 0.6 is 11.6 Å². The average Bonchev–Trinajstić information content (AvgIpc) is 2.79. The molecule has 2 saturated heterocycles. The van der Waals surface area contributed by atoms with Crippen LogP contribution in [-0.2, 0) is 4.79 Å². The van der Waals surface area contributed by atoms with Gasteiger partial charge in [-0.1, -0.05) is 17.7 Å². The molecule has 2 atom stereocenters. The molecule has 2 aliphatic rings. The highest BCUT2D eigenvalue weighted by Gasteiger charge is 2.36. The van der Waals surface area contributed by atoms with Crippen molar-refractivity contribution in [2.75, 3.05) is 38.3 Å². The minimum atomic E-state index is 0.0393. The van der Waals surface area contributed by atoms with Gasteiger partial charge in [0.1, 0.15) is 18.1 Å². The second-order valence-corrected chi connectivity index (χ2v) is 9.40. The van der Waals surface area contributed by atoms with Crippen molar-refractivity contribution in [3.63, 3.8) is 0 Å². The molecule has 0 spiro atoms. The smallest absolute Gasteiger partial charge is 0.167 e. The Morgan fingerprint density at radius 3 is 2.66 bits per heavy atom. The zero-order valence-corrected chi connectivity index (χ0v) is 20.2. The van der Waals surface area contributed by atoms with Crippen LogP contribution in [0.5, 0.6) is 11.5 Å². The van der Waals surface area contributed by atoms with Gasteiger partial charge in [-0.15, -0.1) is 0 Å². The van der Waals surface area contributed by atoms with E-state index in [1.165, 1.54) is 36.1 Å². The number of ketones is 1. The number of carbonyl (C=O) groups excluding carboxylic acids is 1. The molecule has 2 fully saturated rings. The van der Waals surface area contributed by atoms with Crippen molar-refractivity contribution < 1.29 is 14.3 Å². The van der Waals surface area contributed by atoms with Crippen LogP contribution in [0.25, 0.3) is 0 Å². The van der Waals surface area contributed by atoms with E-state index >= 15 is 0 Å². The number of hydrogen-bond donors (Lipinski definition) is 0. The molecule has 0 bridgehead atoms. The Balaban J connectivity index is 1.52.